The lowest BCUT2D eigenvalue weighted by Gasteiger charge is -2.58. The van der Waals surface area contributed by atoms with E-state index in [4.69, 9.17) is 0 Å². The second-order valence-electron chi connectivity index (χ2n) is 9.43. The number of Topliss-reactive ketones (excluding diaryl/α,β-unsaturated/α-hetero) is 1. The number of carbonyl (C=O) groups excluding carboxylic acids is 1. The fraction of sp³-hybridized carbons (Fsp3) is 0.857. The average molecular weight is 316 g/mol. The Hall–Kier alpha value is -0.630. The fourth-order valence-electron chi connectivity index (χ4n) is 6.79. The van der Waals surface area contributed by atoms with Crippen LogP contribution in [0.5, 0.6) is 0 Å². The van der Waals surface area contributed by atoms with Gasteiger partial charge < -0.3 is 5.11 Å². The van der Waals surface area contributed by atoms with E-state index in [1.807, 2.05) is 0 Å². The summed E-state index contributed by atoms with van der Waals surface area (Å²) in [6, 6.07) is 0. The zero-order valence-corrected chi connectivity index (χ0v) is 15.0. The van der Waals surface area contributed by atoms with Gasteiger partial charge in [-0.3, -0.25) is 4.79 Å². The number of ketones is 1. The third-order valence-electron chi connectivity index (χ3n) is 8.62. The first-order chi connectivity index (χ1) is 10.8. The molecule has 0 heterocycles. The Labute approximate surface area is 140 Å². The standard InChI is InChI=1S/C21H32O2/c1-4-21(23)12-11-19(2)14(13-21)5-6-15-16-7-8-18(22)20(16,3)10-9-17(15)19/h5,15-17,23H,4,6-13H2,1-3H3. The van der Waals surface area contributed by atoms with Gasteiger partial charge in [0, 0.05) is 11.8 Å². The maximum Gasteiger partial charge on any atom is 0.139 e. The topological polar surface area (TPSA) is 37.3 Å². The summed E-state index contributed by atoms with van der Waals surface area (Å²) in [5.41, 5.74) is 1.31. The summed E-state index contributed by atoms with van der Waals surface area (Å²) in [4.78, 5) is 12.4. The molecule has 3 fully saturated rings. The van der Waals surface area contributed by atoms with Crippen molar-refractivity contribution in [3.8, 4) is 0 Å². The van der Waals surface area contributed by atoms with E-state index in [1.165, 1.54) is 12.0 Å². The second kappa shape index (κ2) is 4.94. The molecule has 0 amide bonds. The Morgan fingerprint density at radius 3 is 2.61 bits per heavy atom. The molecule has 1 N–H and O–H groups in total. The summed E-state index contributed by atoms with van der Waals surface area (Å²) in [5, 5.41) is 10.8. The molecule has 0 aromatic carbocycles. The van der Waals surface area contributed by atoms with Gasteiger partial charge in [0.2, 0.25) is 0 Å². The van der Waals surface area contributed by atoms with Crippen LogP contribution in [-0.2, 0) is 4.79 Å². The quantitative estimate of drug-likeness (QED) is 0.714. The summed E-state index contributed by atoms with van der Waals surface area (Å²) in [5.74, 6) is 2.56. The predicted molar refractivity (Wildman–Crippen MR) is 92.0 cm³/mol. The SMILES string of the molecule is CCC1(O)CCC2(C)C(=CCC3C4CCC(=O)C4(C)CCC32)C1. The minimum Gasteiger partial charge on any atom is -0.390 e. The first-order valence-corrected chi connectivity index (χ1v) is 9.78. The predicted octanol–water partition coefficient (Wildman–Crippen LogP) is 4.66. The number of carbonyl (C=O) groups is 1. The van der Waals surface area contributed by atoms with E-state index < -0.39 is 5.60 Å². The molecule has 4 aliphatic carbocycles. The van der Waals surface area contributed by atoms with Crippen molar-refractivity contribution in [2.45, 2.75) is 84.2 Å². The molecular weight excluding hydrogens is 284 g/mol. The molecule has 2 nitrogen and oxygen atoms in total. The Kier molecular flexibility index (Phi) is 3.41. The van der Waals surface area contributed by atoms with Crippen LogP contribution in [0.15, 0.2) is 11.6 Å². The number of allylic oxidation sites excluding steroid dienone is 1. The van der Waals surface area contributed by atoms with Gasteiger partial charge in [0.1, 0.15) is 5.78 Å². The molecule has 2 heteroatoms. The van der Waals surface area contributed by atoms with Gasteiger partial charge in [-0.15, -0.1) is 0 Å². The largest absolute Gasteiger partial charge is 0.390 e. The van der Waals surface area contributed by atoms with Crippen LogP contribution in [0.25, 0.3) is 0 Å². The van der Waals surface area contributed by atoms with Crippen molar-refractivity contribution in [1.29, 1.82) is 0 Å². The second-order valence-corrected chi connectivity index (χ2v) is 9.43. The van der Waals surface area contributed by atoms with Crippen LogP contribution in [0.4, 0.5) is 0 Å². The lowest BCUT2D eigenvalue weighted by atomic mass is 9.47. The Morgan fingerprint density at radius 2 is 1.87 bits per heavy atom. The fourth-order valence-corrected chi connectivity index (χ4v) is 6.79. The molecule has 0 aliphatic heterocycles. The van der Waals surface area contributed by atoms with Crippen molar-refractivity contribution < 1.29 is 9.90 Å². The van der Waals surface area contributed by atoms with Gasteiger partial charge in [-0.25, -0.2) is 0 Å². The normalized spacial score (nSPS) is 52.4. The average Bonchev–Trinajstić information content (AvgIpc) is 2.84. The van der Waals surface area contributed by atoms with Crippen molar-refractivity contribution in [3.63, 3.8) is 0 Å². The highest BCUT2D eigenvalue weighted by molar-refractivity contribution is 5.87. The molecule has 6 unspecified atom stereocenters. The van der Waals surface area contributed by atoms with E-state index in [9.17, 15) is 9.90 Å². The number of hydrogen-bond donors (Lipinski definition) is 1. The van der Waals surface area contributed by atoms with E-state index in [2.05, 4.69) is 26.8 Å². The van der Waals surface area contributed by atoms with Gasteiger partial charge in [0.15, 0.2) is 0 Å². The van der Waals surface area contributed by atoms with E-state index in [0.29, 0.717) is 17.6 Å². The van der Waals surface area contributed by atoms with Crippen LogP contribution >= 0.6 is 0 Å². The monoisotopic (exact) mass is 316 g/mol. The zero-order chi connectivity index (χ0) is 16.5. The summed E-state index contributed by atoms with van der Waals surface area (Å²) in [6.07, 6.45) is 11.7. The van der Waals surface area contributed by atoms with Gasteiger partial charge in [-0.05, 0) is 74.5 Å². The molecule has 4 rings (SSSR count). The van der Waals surface area contributed by atoms with E-state index >= 15 is 0 Å². The maximum absolute atomic E-state index is 12.4. The van der Waals surface area contributed by atoms with E-state index in [-0.39, 0.29) is 10.8 Å². The Balaban J connectivity index is 1.67. The molecule has 128 valence electrons. The number of fused-ring (bicyclic) bond motifs is 5. The summed E-state index contributed by atoms with van der Waals surface area (Å²) in [6.45, 7) is 6.83. The first-order valence-electron chi connectivity index (χ1n) is 9.78. The third kappa shape index (κ3) is 2.06. The number of aliphatic hydroxyl groups is 1. The minimum absolute atomic E-state index is 0.0261. The van der Waals surface area contributed by atoms with Crippen molar-refractivity contribution in [1.82, 2.24) is 0 Å². The van der Waals surface area contributed by atoms with Gasteiger partial charge >= 0.3 is 0 Å². The van der Waals surface area contributed by atoms with Crippen molar-refractivity contribution in [2.24, 2.45) is 28.6 Å². The molecule has 0 spiro atoms. The maximum atomic E-state index is 12.4. The van der Waals surface area contributed by atoms with Crippen LogP contribution < -0.4 is 0 Å². The lowest BCUT2D eigenvalue weighted by molar-refractivity contribution is -0.132. The van der Waals surface area contributed by atoms with Crippen LogP contribution in [-0.4, -0.2) is 16.5 Å². The number of rotatable bonds is 1. The third-order valence-corrected chi connectivity index (χ3v) is 8.62. The Morgan fingerprint density at radius 1 is 1.13 bits per heavy atom. The molecular formula is C21H32O2. The summed E-state index contributed by atoms with van der Waals surface area (Å²) >= 11 is 0. The Bertz CT molecular complexity index is 564. The van der Waals surface area contributed by atoms with Crippen LogP contribution in [0.2, 0.25) is 0 Å². The van der Waals surface area contributed by atoms with Crippen LogP contribution in [0.1, 0.15) is 78.6 Å². The van der Waals surface area contributed by atoms with Gasteiger partial charge in [0.05, 0.1) is 5.60 Å². The van der Waals surface area contributed by atoms with Crippen LogP contribution in [0.3, 0.4) is 0 Å². The van der Waals surface area contributed by atoms with Crippen molar-refractivity contribution in [3.05, 3.63) is 11.6 Å². The molecule has 0 aromatic rings. The molecule has 4 aliphatic rings. The van der Waals surface area contributed by atoms with E-state index in [1.54, 1.807) is 0 Å². The van der Waals surface area contributed by atoms with Crippen molar-refractivity contribution >= 4 is 5.78 Å². The highest BCUT2D eigenvalue weighted by Gasteiger charge is 2.59. The highest BCUT2D eigenvalue weighted by atomic mass is 16.3. The lowest BCUT2D eigenvalue weighted by Crippen LogP contribution is -2.52. The molecule has 0 bridgehead atoms. The summed E-state index contributed by atoms with van der Waals surface area (Å²) in [7, 11) is 0. The molecule has 6 atom stereocenters. The van der Waals surface area contributed by atoms with Gasteiger partial charge in [-0.1, -0.05) is 32.4 Å². The highest BCUT2D eigenvalue weighted by Crippen LogP contribution is 2.64. The molecule has 0 saturated heterocycles. The van der Waals surface area contributed by atoms with Gasteiger partial charge in [-0.2, -0.15) is 0 Å². The molecule has 3 saturated carbocycles. The zero-order valence-electron chi connectivity index (χ0n) is 15.0. The number of hydrogen-bond acceptors (Lipinski definition) is 2. The first kappa shape index (κ1) is 15.9. The van der Waals surface area contributed by atoms with Crippen molar-refractivity contribution in [2.75, 3.05) is 0 Å². The molecule has 23 heavy (non-hydrogen) atoms. The molecule has 0 radical (unpaired) electrons. The van der Waals surface area contributed by atoms with E-state index in [0.717, 1.165) is 57.3 Å². The summed E-state index contributed by atoms with van der Waals surface area (Å²) < 4.78 is 0. The minimum atomic E-state index is -0.468. The van der Waals surface area contributed by atoms with Crippen LogP contribution in [0, 0.1) is 28.6 Å². The molecule has 0 aromatic heterocycles. The van der Waals surface area contributed by atoms with Gasteiger partial charge in [0.25, 0.3) is 0 Å². The smallest absolute Gasteiger partial charge is 0.139 e.